The smallest absolute Gasteiger partial charge is 0.211 e. The van der Waals surface area contributed by atoms with Crippen molar-refractivity contribution in [3.8, 4) is 0 Å². The van der Waals surface area contributed by atoms with E-state index in [2.05, 4.69) is 4.72 Å². The third-order valence-electron chi connectivity index (χ3n) is 2.78. The molecule has 0 amide bonds. The van der Waals surface area contributed by atoms with E-state index >= 15 is 0 Å². The van der Waals surface area contributed by atoms with Crippen LogP contribution in [0.1, 0.15) is 45.4 Å². The molecule has 0 aliphatic heterocycles. The minimum atomic E-state index is -3.11. The highest BCUT2D eigenvalue weighted by molar-refractivity contribution is 7.89. The van der Waals surface area contributed by atoms with E-state index in [0.29, 0.717) is 0 Å². The van der Waals surface area contributed by atoms with Gasteiger partial charge in [-0.05, 0) is 19.3 Å². The van der Waals surface area contributed by atoms with E-state index in [0.717, 1.165) is 38.5 Å². The van der Waals surface area contributed by atoms with E-state index in [-0.39, 0.29) is 17.2 Å². The molecule has 5 heteroatoms. The highest BCUT2D eigenvalue weighted by Gasteiger charge is 2.26. The first-order valence-corrected chi connectivity index (χ1v) is 7.78. The van der Waals surface area contributed by atoms with Crippen LogP contribution in [-0.4, -0.2) is 25.6 Å². The van der Waals surface area contributed by atoms with E-state index in [1.807, 2.05) is 6.92 Å². The van der Waals surface area contributed by atoms with Crippen LogP contribution in [0.5, 0.6) is 0 Å². The Bertz CT molecular complexity index is 279. The van der Waals surface area contributed by atoms with Crippen LogP contribution in [0, 0.1) is 0 Å². The highest BCUT2D eigenvalue weighted by atomic mass is 35.5. The molecule has 0 saturated heterocycles. The second-order valence-corrected chi connectivity index (χ2v) is 6.63. The van der Waals surface area contributed by atoms with Crippen molar-refractivity contribution in [1.82, 2.24) is 4.72 Å². The van der Waals surface area contributed by atoms with Crippen molar-refractivity contribution in [2.75, 3.05) is 5.75 Å². The molecule has 2 atom stereocenters. The second-order valence-electron chi connectivity index (χ2n) is 4.20. The zero-order valence-electron chi connectivity index (χ0n) is 9.21. The number of nitrogens with one attached hydrogen (secondary N) is 1. The first-order chi connectivity index (χ1) is 7.05. The topological polar surface area (TPSA) is 46.2 Å². The molecule has 0 aromatic rings. The van der Waals surface area contributed by atoms with Gasteiger partial charge in [0.15, 0.2) is 0 Å². The molecular weight excluding hydrogens is 234 g/mol. The predicted octanol–water partition coefficient (Wildman–Crippen LogP) is 2.26. The van der Waals surface area contributed by atoms with Gasteiger partial charge in [0.2, 0.25) is 10.0 Å². The SMILES string of the molecule is CCCCS(=O)(=O)NC1CCCCC1Cl. The average molecular weight is 254 g/mol. The zero-order valence-corrected chi connectivity index (χ0v) is 10.8. The van der Waals surface area contributed by atoms with Gasteiger partial charge in [0.1, 0.15) is 0 Å². The number of sulfonamides is 1. The van der Waals surface area contributed by atoms with Gasteiger partial charge in [0.25, 0.3) is 0 Å². The quantitative estimate of drug-likeness (QED) is 0.764. The number of hydrogen-bond donors (Lipinski definition) is 1. The number of rotatable bonds is 5. The Morgan fingerprint density at radius 2 is 2.00 bits per heavy atom. The van der Waals surface area contributed by atoms with Crippen LogP contribution in [0.25, 0.3) is 0 Å². The van der Waals surface area contributed by atoms with Crippen LogP contribution in [0.2, 0.25) is 0 Å². The summed E-state index contributed by atoms with van der Waals surface area (Å²) in [6.45, 7) is 1.99. The molecule has 0 heterocycles. The van der Waals surface area contributed by atoms with Crippen molar-refractivity contribution in [2.24, 2.45) is 0 Å². The number of alkyl halides is 1. The van der Waals surface area contributed by atoms with Crippen molar-refractivity contribution < 1.29 is 8.42 Å². The molecule has 3 nitrogen and oxygen atoms in total. The molecule has 1 aliphatic rings. The van der Waals surface area contributed by atoms with Gasteiger partial charge in [-0.25, -0.2) is 13.1 Å². The van der Waals surface area contributed by atoms with Gasteiger partial charge < -0.3 is 0 Å². The Kier molecular flexibility index (Phi) is 5.36. The molecule has 0 aromatic heterocycles. The molecule has 1 aliphatic carbocycles. The lowest BCUT2D eigenvalue weighted by molar-refractivity contribution is 0.418. The van der Waals surface area contributed by atoms with Crippen LogP contribution >= 0.6 is 11.6 Å². The van der Waals surface area contributed by atoms with E-state index < -0.39 is 10.0 Å². The fraction of sp³-hybridized carbons (Fsp3) is 1.00. The van der Waals surface area contributed by atoms with Crippen LogP contribution in [0.3, 0.4) is 0 Å². The summed E-state index contributed by atoms with van der Waals surface area (Å²) in [6.07, 6.45) is 5.60. The van der Waals surface area contributed by atoms with Crippen molar-refractivity contribution in [3.05, 3.63) is 0 Å². The predicted molar refractivity (Wildman–Crippen MR) is 63.7 cm³/mol. The van der Waals surface area contributed by atoms with Crippen LogP contribution < -0.4 is 4.72 Å². The molecule has 0 bridgehead atoms. The lowest BCUT2D eigenvalue weighted by Crippen LogP contribution is -2.43. The third-order valence-corrected chi connectivity index (χ3v) is 4.79. The Morgan fingerprint density at radius 1 is 1.33 bits per heavy atom. The monoisotopic (exact) mass is 253 g/mol. The van der Waals surface area contributed by atoms with Crippen LogP contribution in [-0.2, 0) is 10.0 Å². The molecular formula is C10H20ClNO2S. The molecule has 90 valence electrons. The van der Waals surface area contributed by atoms with Gasteiger partial charge >= 0.3 is 0 Å². The lowest BCUT2D eigenvalue weighted by Gasteiger charge is -2.27. The number of halogens is 1. The minimum Gasteiger partial charge on any atom is -0.212 e. The molecule has 2 unspecified atom stereocenters. The maximum absolute atomic E-state index is 11.6. The lowest BCUT2D eigenvalue weighted by atomic mass is 9.96. The van der Waals surface area contributed by atoms with Gasteiger partial charge in [-0.2, -0.15) is 0 Å². The first kappa shape index (κ1) is 13.3. The van der Waals surface area contributed by atoms with Gasteiger partial charge in [-0.15, -0.1) is 11.6 Å². The summed E-state index contributed by atoms with van der Waals surface area (Å²) in [5, 5.41) is -0.0323. The number of hydrogen-bond acceptors (Lipinski definition) is 2. The molecule has 0 radical (unpaired) electrons. The molecule has 0 spiro atoms. The van der Waals surface area contributed by atoms with E-state index in [9.17, 15) is 8.42 Å². The summed E-state index contributed by atoms with van der Waals surface area (Å²) in [4.78, 5) is 0. The molecule has 0 aromatic carbocycles. The van der Waals surface area contributed by atoms with Crippen molar-refractivity contribution in [1.29, 1.82) is 0 Å². The van der Waals surface area contributed by atoms with Crippen LogP contribution in [0.15, 0.2) is 0 Å². The summed E-state index contributed by atoms with van der Waals surface area (Å²) in [6, 6.07) is -0.0535. The summed E-state index contributed by atoms with van der Waals surface area (Å²) in [5.74, 6) is 0.226. The Labute approximate surface area is 97.6 Å². The van der Waals surface area contributed by atoms with Crippen molar-refractivity contribution in [2.45, 2.75) is 56.9 Å². The average Bonchev–Trinajstić information content (AvgIpc) is 2.18. The van der Waals surface area contributed by atoms with Crippen molar-refractivity contribution >= 4 is 21.6 Å². The van der Waals surface area contributed by atoms with E-state index in [1.54, 1.807) is 0 Å². The zero-order chi connectivity index (χ0) is 11.3. The van der Waals surface area contributed by atoms with Gasteiger partial charge in [-0.1, -0.05) is 26.2 Å². The van der Waals surface area contributed by atoms with Gasteiger partial charge in [-0.3, -0.25) is 0 Å². The first-order valence-electron chi connectivity index (χ1n) is 5.69. The fourth-order valence-corrected chi connectivity index (χ4v) is 3.79. The highest BCUT2D eigenvalue weighted by Crippen LogP contribution is 2.23. The number of unbranched alkanes of at least 4 members (excludes halogenated alkanes) is 1. The summed E-state index contributed by atoms with van der Waals surface area (Å²) in [5.41, 5.74) is 0. The van der Waals surface area contributed by atoms with Gasteiger partial charge in [0, 0.05) is 11.4 Å². The Balaban J connectivity index is 2.44. The maximum atomic E-state index is 11.6. The molecule has 1 rings (SSSR count). The fourth-order valence-electron chi connectivity index (χ4n) is 1.84. The summed E-state index contributed by atoms with van der Waals surface area (Å²) in [7, 11) is -3.11. The van der Waals surface area contributed by atoms with Crippen LogP contribution in [0.4, 0.5) is 0 Å². The Morgan fingerprint density at radius 3 is 2.60 bits per heavy atom. The van der Waals surface area contributed by atoms with E-state index in [1.165, 1.54) is 0 Å². The van der Waals surface area contributed by atoms with Gasteiger partial charge in [0.05, 0.1) is 5.75 Å². The normalized spacial score (nSPS) is 27.9. The third kappa shape index (κ3) is 4.70. The standard InChI is InChI=1S/C10H20ClNO2S/c1-2-3-8-15(13,14)12-10-7-5-4-6-9(10)11/h9-10,12H,2-8H2,1H3. The summed E-state index contributed by atoms with van der Waals surface area (Å²) < 4.78 is 26.0. The molecule has 1 saturated carbocycles. The molecule has 1 fully saturated rings. The minimum absolute atomic E-state index is 0.0323. The van der Waals surface area contributed by atoms with Crippen molar-refractivity contribution in [3.63, 3.8) is 0 Å². The second kappa shape index (κ2) is 6.06. The largest absolute Gasteiger partial charge is 0.212 e. The molecule has 15 heavy (non-hydrogen) atoms. The molecule has 1 N–H and O–H groups in total. The van der Waals surface area contributed by atoms with E-state index in [4.69, 9.17) is 11.6 Å². The Hall–Kier alpha value is 0.200. The summed E-state index contributed by atoms with van der Waals surface area (Å²) >= 11 is 6.10. The maximum Gasteiger partial charge on any atom is 0.211 e.